The van der Waals surface area contributed by atoms with Crippen LogP contribution < -0.4 is 5.56 Å². The van der Waals surface area contributed by atoms with Gasteiger partial charge in [-0.2, -0.15) is 8.78 Å². The van der Waals surface area contributed by atoms with Crippen molar-refractivity contribution in [2.24, 2.45) is 7.05 Å². The molecule has 0 atom stereocenters. The van der Waals surface area contributed by atoms with Crippen molar-refractivity contribution in [3.8, 4) is 0 Å². The van der Waals surface area contributed by atoms with E-state index in [-0.39, 0.29) is 17.7 Å². The largest absolute Gasteiger partial charge is 0.318 e. The van der Waals surface area contributed by atoms with Gasteiger partial charge in [0.2, 0.25) is 0 Å². The molecule has 5 heteroatoms. The molecule has 0 aliphatic carbocycles. The van der Waals surface area contributed by atoms with Gasteiger partial charge in [0.1, 0.15) is 5.69 Å². The highest BCUT2D eigenvalue weighted by Crippen LogP contribution is 2.30. The molecule has 0 aliphatic rings. The van der Waals surface area contributed by atoms with Crippen LogP contribution in [0.25, 0.3) is 10.8 Å². The summed E-state index contributed by atoms with van der Waals surface area (Å²) in [5, 5.41) is 0.844. The number of nitrogens with zero attached hydrogens (tertiary/aromatic N) is 2. The lowest BCUT2D eigenvalue weighted by atomic mass is 10.1. The minimum atomic E-state index is -2.95. The van der Waals surface area contributed by atoms with Gasteiger partial charge in [0.25, 0.3) is 11.5 Å². The molecule has 0 aromatic carbocycles. The second kappa shape index (κ2) is 3.91. The Labute approximate surface area is 96.7 Å². The Morgan fingerprint density at radius 3 is 2.82 bits per heavy atom. The number of fused-ring (bicyclic) bond motifs is 1. The molecule has 90 valence electrons. The van der Waals surface area contributed by atoms with Gasteiger partial charge >= 0.3 is 0 Å². The van der Waals surface area contributed by atoms with E-state index in [0.29, 0.717) is 10.8 Å². The summed E-state index contributed by atoms with van der Waals surface area (Å²) in [6, 6.07) is 2.91. The molecule has 0 unspecified atom stereocenters. The van der Waals surface area contributed by atoms with Gasteiger partial charge < -0.3 is 4.57 Å². The van der Waals surface area contributed by atoms with Crippen molar-refractivity contribution in [1.82, 2.24) is 9.55 Å². The molecule has 0 amide bonds. The zero-order valence-corrected chi connectivity index (χ0v) is 9.58. The lowest BCUT2D eigenvalue weighted by molar-refractivity contribution is -0.0126. The fraction of sp³-hybridized carbons (Fsp3) is 0.333. The minimum absolute atomic E-state index is 0.235. The first-order valence-electron chi connectivity index (χ1n) is 5.29. The molecule has 3 nitrogen and oxygen atoms in total. The molecular formula is C12H12F2N2O. The molecule has 2 aromatic rings. The molecular weight excluding hydrogens is 226 g/mol. The maximum atomic E-state index is 13.4. The van der Waals surface area contributed by atoms with Crippen LogP contribution in [-0.2, 0) is 13.0 Å². The Bertz CT molecular complexity index is 619. The van der Waals surface area contributed by atoms with Gasteiger partial charge in [-0.05, 0) is 17.5 Å². The van der Waals surface area contributed by atoms with E-state index in [9.17, 15) is 13.6 Å². The Hall–Kier alpha value is -1.78. The van der Waals surface area contributed by atoms with Crippen molar-refractivity contribution in [3.05, 3.63) is 40.6 Å². The summed E-state index contributed by atoms with van der Waals surface area (Å²) >= 11 is 0. The summed E-state index contributed by atoms with van der Waals surface area (Å²) in [4.78, 5) is 15.4. The molecule has 0 saturated heterocycles. The van der Waals surface area contributed by atoms with E-state index in [2.05, 4.69) is 4.98 Å². The number of rotatable bonds is 2. The number of hydrogen-bond acceptors (Lipinski definition) is 2. The van der Waals surface area contributed by atoms with Gasteiger partial charge in [-0.3, -0.25) is 9.78 Å². The number of halogens is 2. The molecule has 17 heavy (non-hydrogen) atoms. The van der Waals surface area contributed by atoms with E-state index >= 15 is 0 Å². The molecule has 2 heterocycles. The fourth-order valence-electron chi connectivity index (χ4n) is 1.62. The van der Waals surface area contributed by atoms with Crippen LogP contribution in [-0.4, -0.2) is 9.55 Å². The zero-order chi connectivity index (χ0) is 12.6. The van der Waals surface area contributed by atoms with Crippen LogP contribution in [0.3, 0.4) is 0 Å². The van der Waals surface area contributed by atoms with Gasteiger partial charge in [0.15, 0.2) is 0 Å². The van der Waals surface area contributed by atoms with Crippen molar-refractivity contribution in [3.63, 3.8) is 0 Å². The van der Waals surface area contributed by atoms with E-state index in [1.807, 2.05) is 0 Å². The summed E-state index contributed by atoms with van der Waals surface area (Å²) in [6.07, 6.45) is 2.46. The van der Waals surface area contributed by atoms with Crippen molar-refractivity contribution in [2.45, 2.75) is 19.3 Å². The normalized spacial score (nSPS) is 12.0. The Morgan fingerprint density at radius 2 is 2.18 bits per heavy atom. The van der Waals surface area contributed by atoms with Gasteiger partial charge in [-0.15, -0.1) is 0 Å². The van der Waals surface area contributed by atoms with Crippen LogP contribution in [0.15, 0.2) is 29.3 Å². The lowest BCUT2D eigenvalue weighted by Crippen LogP contribution is -2.18. The Kier molecular flexibility index (Phi) is 2.69. The maximum Gasteiger partial charge on any atom is 0.289 e. The third-order valence-corrected chi connectivity index (χ3v) is 2.78. The topological polar surface area (TPSA) is 34.9 Å². The molecule has 2 rings (SSSR count). The predicted molar refractivity (Wildman–Crippen MR) is 61.2 cm³/mol. The first kappa shape index (κ1) is 11.7. The minimum Gasteiger partial charge on any atom is -0.318 e. The average Bonchev–Trinajstić information content (AvgIpc) is 2.33. The van der Waals surface area contributed by atoms with Gasteiger partial charge in [0.05, 0.1) is 5.39 Å². The first-order chi connectivity index (χ1) is 7.95. The van der Waals surface area contributed by atoms with Crippen LogP contribution in [0.5, 0.6) is 0 Å². The van der Waals surface area contributed by atoms with Crippen molar-refractivity contribution < 1.29 is 8.78 Å². The van der Waals surface area contributed by atoms with Crippen LogP contribution in [0.1, 0.15) is 19.0 Å². The molecule has 0 aliphatic heterocycles. The van der Waals surface area contributed by atoms with Crippen molar-refractivity contribution >= 4 is 10.8 Å². The average molecular weight is 238 g/mol. The molecule has 0 fully saturated rings. The van der Waals surface area contributed by atoms with Crippen molar-refractivity contribution in [2.75, 3.05) is 0 Å². The smallest absolute Gasteiger partial charge is 0.289 e. The highest BCUT2D eigenvalue weighted by atomic mass is 19.3. The second-order valence-corrected chi connectivity index (χ2v) is 3.95. The van der Waals surface area contributed by atoms with Gasteiger partial charge in [0, 0.05) is 25.9 Å². The SMILES string of the molecule is CCC(F)(F)c1cc2ccn(C)c(=O)c2cn1. The summed E-state index contributed by atoms with van der Waals surface area (Å²) in [6.45, 7) is 1.40. The second-order valence-electron chi connectivity index (χ2n) is 3.95. The van der Waals surface area contributed by atoms with E-state index < -0.39 is 5.92 Å². The monoisotopic (exact) mass is 238 g/mol. The first-order valence-corrected chi connectivity index (χ1v) is 5.29. The number of aromatic nitrogens is 2. The standard InChI is InChI=1S/C12H12F2N2O/c1-3-12(13,14)10-6-8-4-5-16(2)11(17)9(8)7-15-10/h4-7H,3H2,1-2H3. The van der Waals surface area contributed by atoms with E-state index in [1.54, 1.807) is 19.3 Å². The quantitative estimate of drug-likeness (QED) is 0.805. The predicted octanol–water partition coefficient (Wildman–Crippen LogP) is 2.44. The number of pyridine rings is 2. The van der Waals surface area contributed by atoms with Crippen LogP contribution >= 0.6 is 0 Å². The Morgan fingerprint density at radius 1 is 1.47 bits per heavy atom. The summed E-state index contributed by atoms with van der Waals surface area (Å²) in [7, 11) is 1.61. The fourth-order valence-corrected chi connectivity index (χ4v) is 1.62. The lowest BCUT2D eigenvalue weighted by Gasteiger charge is -2.13. The van der Waals surface area contributed by atoms with Crippen LogP contribution in [0.2, 0.25) is 0 Å². The Balaban J connectivity index is 2.68. The number of alkyl halides is 2. The van der Waals surface area contributed by atoms with E-state index in [1.165, 1.54) is 23.8 Å². The molecule has 0 bridgehead atoms. The van der Waals surface area contributed by atoms with Crippen LogP contribution in [0.4, 0.5) is 8.78 Å². The zero-order valence-electron chi connectivity index (χ0n) is 9.58. The number of aryl methyl sites for hydroxylation is 1. The van der Waals surface area contributed by atoms with Crippen LogP contribution in [0, 0.1) is 0 Å². The van der Waals surface area contributed by atoms with Gasteiger partial charge in [-0.1, -0.05) is 6.92 Å². The summed E-state index contributed by atoms with van der Waals surface area (Å²) in [5.74, 6) is -2.95. The summed E-state index contributed by atoms with van der Waals surface area (Å²) in [5.41, 5.74) is -0.526. The molecule has 0 N–H and O–H groups in total. The number of hydrogen-bond donors (Lipinski definition) is 0. The molecule has 0 spiro atoms. The van der Waals surface area contributed by atoms with Crippen molar-refractivity contribution in [1.29, 1.82) is 0 Å². The molecule has 0 radical (unpaired) electrons. The molecule has 0 saturated carbocycles. The maximum absolute atomic E-state index is 13.4. The highest BCUT2D eigenvalue weighted by Gasteiger charge is 2.30. The summed E-state index contributed by atoms with van der Waals surface area (Å²) < 4.78 is 28.3. The van der Waals surface area contributed by atoms with E-state index in [4.69, 9.17) is 0 Å². The van der Waals surface area contributed by atoms with Gasteiger partial charge in [-0.25, -0.2) is 0 Å². The highest BCUT2D eigenvalue weighted by molar-refractivity contribution is 5.80. The van der Waals surface area contributed by atoms with E-state index in [0.717, 1.165) is 0 Å². The third-order valence-electron chi connectivity index (χ3n) is 2.78. The molecule has 2 aromatic heterocycles. The third kappa shape index (κ3) is 1.92.